The molecule has 0 aliphatic rings. The van der Waals surface area contributed by atoms with Crippen LogP contribution in [0.2, 0.25) is 0 Å². The summed E-state index contributed by atoms with van der Waals surface area (Å²) in [6.07, 6.45) is 0. The molecule has 218 valence electrons. The molecule has 0 atom stereocenters. The zero-order chi connectivity index (χ0) is 30.6. The molecule has 3 heterocycles. The second kappa shape index (κ2) is 9.12. The van der Waals surface area contributed by atoms with Crippen LogP contribution in [0.4, 0.5) is 0 Å². The molecule has 8 aromatic carbocycles. The van der Waals surface area contributed by atoms with E-state index in [1.165, 1.54) is 32.7 Å². The smallest absolute Gasteiger partial charge is 0.136 e. The number of fused-ring (bicyclic) bond motifs is 12. The average Bonchev–Trinajstić information content (AvgIpc) is 3.80. The minimum Gasteiger partial charge on any atom is -0.456 e. The van der Waals surface area contributed by atoms with Gasteiger partial charge in [0.2, 0.25) is 0 Å². The summed E-state index contributed by atoms with van der Waals surface area (Å²) in [5.74, 6) is 0. The van der Waals surface area contributed by atoms with Crippen molar-refractivity contribution in [2.75, 3.05) is 0 Å². The van der Waals surface area contributed by atoms with Crippen LogP contribution < -0.4 is 0 Å². The Hall–Kier alpha value is -6.32. The lowest BCUT2D eigenvalue weighted by Gasteiger charge is -2.17. The van der Waals surface area contributed by atoms with Crippen molar-refractivity contribution in [1.82, 2.24) is 0 Å². The fraction of sp³-hybridized carbons (Fsp3) is 0. The molecule has 0 radical (unpaired) electrons. The molecule has 11 aromatic rings. The van der Waals surface area contributed by atoms with Gasteiger partial charge in [0.1, 0.15) is 33.5 Å². The lowest BCUT2D eigenvalue weighted by molar-refractivity contribution is 0.663. The van der Waals surface area contributed by atoms with Gasteiger partial charge >= 0.3 is 0 Å². The fourth-order valence-electron chi connectivity index (χ4n) is 7.87. The van der Waals surface area contributed by atoms with Crippen molar-refractivity contribution in [3.8, 4) is 22.3 Å². The molecule has 0 aliphatic heterocycles. The first-order valence-corrected chi connectivity index (χ1v) is 15.9. The Morgan fingerprint density at radius 1 is 0.255 bits per heavy atom. The van der Waals surface area contributed by atoms with Gasteiger partial charge in [-0.1, -0.05) is 97.1 Å². The predicted octanol–water partition coefficient (Wildman–Crippen LogP) is 13.0. The van der Waals surface area contributed by atoms with E-state index in [2.05, 4.69) is 109 Å². The maximum absolute atomic E-state index is 6.57. The summed E-state index contributed by atoms with van der Waals surface area (Å²) in [6, 6.07) is 51.3. The highest BCUT2D eigenvalue weighted by Gasteiger charge is 2.20. The second-order valence-corrected chi connectivity index (χ2v) is 12.4. The van der Waals surface area contributed by atoms with Crippen LogP contribution in [-0.4, -0.2) is 0 Å². The Morgan fingerprint density at radius 3 is 1.19 bits per heavy atom. The lowest BCUT2D eigenvalue weighted by Crippen LogP contribution is -1.90. The fourth-order valence-corrected chi connectivity index (χ4v) is 7.87. The van der Waals surface area contributed by atoms with Gasteiger partial charge in [-0.05, 0) is 92.3 Å². The number of rotatable bonds is 2. The van der Waals surface area contributed by atoms with Crippen LogP contribution in [0.5, 0.6) is 0 Å². The summed E-state index contributed by atoms with van der Waals surface area (Å²) in [5, 5.41) is 11.5. The molecule has 0 saturated heterocycles. The minimum atomic E-state index is 0.863. The molecule has 0 bridgehead atoms. The maximum atomic E-state index is 6.57. The van der Waals surface area contributed by atoms with E-state index < -0.39 is 0 Å². The molecule has 3 heteroatoms. The normalized spacial score (nSPS) is 12.3. The lowest BCUT2D eigenvalue weighted by atomic mass is 9.85. The van der Waals surface area contributed by atoms with E-state index in [0.717, 1.165) is 76.9 Å². The molecular weight excluding hydrogens is 576 g/mol. The topological polar surface area (TPSA) is 39.4 Å². The number of benzene rings is 8. The third-order valence-corrected chi connectivity index (χ3v) is 9.86. The molecule has 0 N–H and O–H groups in total. The van der Waals surface area contributed by atoms with E-state index in [1.807, 2.05) is 36.4 Å². The van der Waals surface area contributed by atoms with Crippen LogP contribution >= 0.6 is 0 Å². The zero-order valence-electron chi connectivity index (χ0n) is 25.1. The predicted molar refractivity (Wildman–Crippen MR) is 194 cm³/mol. The van der Waals surface area contributed by atoms with Gasteiger partial charge in [0, 0.05) is 32.3 Å². The highest BCUT2D eigenvalue weighted by Crippen LogP contribution is 2.46. The second-order valence-electron chi connectivity index (χ2n) is 12.4. The van der Waals surface area contributed by atoms with Crippen molar-refractivity contribution in [2.24, 2.45) is 0 Å². The summed E-state index contributed by atoms with van der Waals surface area (Å²) < 4.78 is 19.1. The Bertz CT molecular complexity index is 3020. The van der Waals surface area contributed by atoms with Gasteiger partial charge in [-0.15, -0.1) is 0 Å². The van der Waals surface area contributed by atoms with Crippen molar-refractivity contribution >= 4 is 87.4 Å². The first-order chi connectivity index (χ1) is 23.3. The number of furan rings is 3. The molecule has 0 fully saturated rings. The summed E-state index contributed by atoms with van der Waals surface area (Å²) in [5.41, 5.74) is 9.97. The van der Waals surface area contributed by atoms with E-state index in [4.69, 9.17) is 13.3 Å². The van der Waals surface area contributed by atoms with E-state index in [-0.39, 0.29) is 0 Å². The quantitative estimate of drug-likeness (QED) is 0.185. The van der Waals surface area contributed by atoms with Crippen LogP contribution in [-0.2, 0) is 0 Å². The Morgan fingerprint density at radius 2 is 0.617 bits per heavy atom. The van der Waals surface area contributed by atoms with Gasteiger partial charge in [-0.2, -0.15) is 0 Å². The van der Waals surface area contributed by atoms with Crippen LogP contribution in [0.15, 0.2) is 159 Å². The van der Waals surface area contributed by atoms with Crippen LogP contribution in [0, 0.1) is 0 Å². The van der Waals surface area contributed by atoms with Gasteiger partial charge in [0.15, 0.2) is 0 Å². The molecule has 0 spiro atoms. The van der Waals surface area contributed by atoms with E-state index in [9.17, 15) is 0 Å². The van der Waals surface area contributed by atoms with Crippen LogP contribution in [0.3, 0.4) is 0 Å². The zero-order valence-corrected chi connectivity index (χ0v) is 25.1. The number of para-hydroxylation sites is 2. The number of hydrogen-bond donors (Lipinski definition) is 0. The van der Waals surface area contributed by atoms with Gasteiger partial charge in [0.25, 0.3) is 0 Å². The maximum Gasteiger partial charge on any atom is 0.136 e. The summed E-state index contributed by atoms with van der Waals surface area (Å²) in [6.45, 7) is 0. The highest BCUT2D eigenvalue weighted by atomic mass is 16.3. The van der Waals surface area contributed by atoms with Crippen molar-refractivity contribution in [1.29, 1.82) is 0 Å². The molecule has 3 aromatic heterocycles. The Labute approximate surface area is 267 Å². The summed E-state index contributed by atoms with van der Waals surface area (Å²) in [7, 11) is 0. The van der Waals surface area contributed by atoms with E-state index in [1.54, 1.807) is 0 Å². The Balaban J connectivity index is 1.18. The minimum absolute atomic E-state index is 0.863. The first-order valence-electron chi connectivity index (χ1n) is 15.9. The molecule has 47 heavy (non-hydrogen) atoms. The summed E-state index contributed by atoms with van der Waals surface area (Å²) >= 11 is 0. The van der Waals surface area contributed by atoms with E-state index in [0.29, 0.717) is 0 Å². The molecular formula is C44H24O3. The van der Waals surface area contributed by atoms with Gasteiger partial charge in [0.05, 0.1) is 0 Å². The number of hydrogen-bond acceptors (Lipinski definition) is 3. The van der Waals surface area contributed by atoms with Crippen LogP contribution in [0.1, 0.15) is 0 Å². The molecule has 0 unspecified atom stereocenters. The van der Waals surface area contributed by atoms with E-state index >= 15 is 0 Å². The van der Waals surface area contributed by atoms with Crippen molar-refractivity contribution < 1.29 is 13.3 Å². The molecule has 0 aliphatic carbocycles. The van der Waals surface area contributed by atoms with Crippen LogP contribution in [0.25, 0.3) is 110 Å². The Kier molecular flexibility index (Phi) is 4.84. The third kappa shape index (κ3) is 3.40. The van der Waals surface area contributed by atoms with Gasteiger partial charge < -0.3 is 13.3 Å². The highest BCUT2D eigenvalue weighted by molar-refractivity contribution is 6.27. The van der Waals surface area contributed by atoms with Crippen molar-refractivity contribution in [3.05, 3.63) is 146 Å². The molecule has 3 nitrogen and oxygen atoms in total. The van der Waals surface area contributed by atoms with Crippen molar-refractivity contribution in [2.45, 2.75) is 0 Å². The standard InChI is InChI=1S/C44H24O3/c1-3-12-31-29(10-1)41(25-17-19-28-27-9-5-7-15-35(27)46-39(28)23-25)30-11-2-4-13-32(30)42(31)26-18-20-34-40(24-26)47-38-22-21-37-43(44(34)38)33-14-6-8-16-36(33)45-37/h1-24H. The largest absolute Gasteiger partial charge is 0.456 e. The molecule has 0 saturated carbocycles. The van der Waals surface area contributed by atoms with Gasteiger partial charge in [-0.3, -0.25) is 0 Å². The molecule has 0 amide bonds. The molecule has 11 rings (SSSR count). The first kappa shape index (κ1) is 24.9. The average molecular weight is 601 g/mol. The SMILES string of the molecule is c1ccc2c(c1)oc1cc(-c3c4ccccc4c(-c4ccc5c(c4)oc4ccc6oc7ccccc7c6c45)c4ccccc34)ccc12. The van der Waals surface area contributed by atoms with Gasteiger partial charge in [-0.25, -0.2) is 0 Å². The summed E-state index contributed by atoms with van der Waals surface area (Å²) in [4.78, 5) is 0. The third-order valence-electron chi connectivity index (χ3n) is 9.86. The van der Waals surface area contributed by atoms with Crippen molar-refractivity contribution in [3.63, 3.8) is 0 Å². The monoisotopic (exact) mass is 600 g/mol.